The predicted molar refractivity (Wildman–Crippen MR) is 101 cm³/mol. The highest BCUT2D eigenvalue weighted by molar-refractivity contribution is 6.44. The van der Waals surface area contributed by atoms with Gasteiger partial charge < -0.3 is 15.4 Å². The van der Waals surface area contributed by atoms with Gasteiger partial charge in [0.25, 0.3) is 0 Å². The van der Waals surface area contributed by atoms with Gasteiger partial charge in [-0.1, -0.05) is 46.9 Å². The molecule has 2 amide bonds. The van der Waals surface area contributed by atoms with E-state index in [1.54, 1.807) is 36.4 Å². The Bertz CT molecular complexity index is 797. The number of amides is 2. The Kier molecular flexibility index (Phi) is 7.08. The molecule has 0 radical (unpaired) electrons. The molecule has 0 unspecified atom stereocenters. The van der Waals surface area contributed by atoms with Gasteiger partial charge in [-0.25, -0.2) is 0 Å². The van der Waals surface area contributed by atoms with E-state index in [-0.39, 0.29) is 18.2 Å². The summed E-state index contributed by atoms with van der Waals surface area (Å²) in [7, 11) is 0. The molecule has 0 atom stereocenters. The molecule has 0 saturated carbocycles. The molecule has 0 spiro atoms. The summed E-state index contributed by atoms with van der Waals surface area (Å²) in [5.74, 6) is -0.844. The Morgan fingerprint density at radius 1 is 0.960 bits per heavy atom. The lowest BCUT2D eigenvalue weighted by Gasteiger charge is -2.09. The van der Waals surface area contributed by atoms with Crippen LogP contribution in [0.3, 0.4) is 0 Å². The molecule has 0 bridgehead atoms. The Morgan fingerprint density at radius 3 is 2.32 bits per heavy atom. The monoisotopic (exact) mass is 400 g/mol. The van der Waals surface area contributed by atoms with E-state index in [2.05, 4.69) is 10.6 Å². The average molecular weight is 402 g/mol. The number of hydrogen-bond acceptors (Lipinski definition) is 3. The van der Waals surface area contributed by atoms with Crippen molar-refractivity contribution >= 4 is 58.0 Å². The minimum Gasteiger partial charge on any atom is -0.362 e. The third-order valence-electron chi connectivity index (χ3n) is 3.15. The van der Waals surface area contributed by atoms with E-state index in [4.69, 9.17) is 39.5 Å². The SMILES string of the molecule is Cc1ccc(NC(=O)COCC(=O)Nc2cccc(Cl)c2Cl)cc1Cl. The molecule has 2 rings (SSSR count). The average Bonchev–Trinajstić information content (AvgIpc) is 2.55. The van der Waals surface area contributed by atoms with Gasteiger partial charge in [-0.2, -0.15) is 0 Å². The molecule has 0 aromatic heterocycles. The topological polar surface area (TPSA) is 67.4 Å². The number of halogens is 3. The van der Waals surface area contributed by atoms with E-state index < -0.39 is 11.8 Å². The maximum atomic E-state index is 11.8. The molecule has 0 fully saturated rings. The molecular weight excluding hydrogens is 387 g/mol. The number of nitrogens with one attached hydrogen (secondary N) is 2. The van der Waals surface area contributed by atoms with Crippen LogP contribution in [0, 0.1) is 6.92 Å². The zero-order chi connectivity index (χ0) is 18.4. The van der Waals surface area contributed by atoms with Gasteiger partial charge in [0.2, 0.25) is 11.8 Å². The Hall–Kier alpha value is -1.79. The second kappa shape index (κ2) is 9.06. The van der Waals surface area contributed by atoms with E-state index in [1.807, 2.05) is 6.92 Å². The van der Waals surface area contributed by atoms with Crippen LogP contribution >= 0.6 is 34.8 Å². The molecule has 2 aromatic carbocycles. The number of ether oxygens (including phenoxy) is 1. The van der Waals surface area contributed by atoms with Crippen molar-refractivity contribution in [1.29, 1.82) is 0 Å². The smallest absolute Gasteiger partial charge is 0.250 e. The maximum Gasteiger partial charge on any atom is 0.250 e. The summed E-state index contributed by atoms with van der Waals surface area (Å²) in [5.41, 5.74) is 1.84. The maximum absolute atomic E-state index is 11.8. The van der Waals surface area contributed by atoms with Crippen molar-refractivity contribution in [2.75, 3.05) is 23.8 Å². The number of anilines is 2. The summed E-state index contributed by atoms with van der Waals surface area (Å²) in [6.45, 7) is 1.29. The summed E-state index contributed by atoms with van der Waals surface area (Å²) in [6.07, 6.45) is 0. The molecule has 8 heteroatoms. The van der Waals surface area contributed by atoms with Crippen LogP contribution in [0.25, 0.3) is 0 Å². The van der Waals surface area contributed by atoms with E-state index in [0.29, 0.717) is 21.4 Å². The molecule has 0 aliphatic heterocycles. The third kappa shape index (κ3) is 5.90. The van der Waals surface area contributed by atoms with E-state index >= 15 is 0 Å². The molecular formula is C17H15Cl3N2O3. The first-order valence-corrected chi connectivity index (χ1v) is 8.38. The zero-order valence-electron chi connectivity index (χ0n) is 13.2. The highest BCUT2D eigenvalue weighted by Gasteiger charge is 2.10. The van der Waals surface area contributed by atoms with Crippen molar-refractivity contribution in [3.8, 4) is 0 Å². The highest BCUT2D eigenvalue weighted by atomic mass is 35.5. The van der Waals surface area contributed by atoms with Crippen LogP contribution in [-0.4, -0.2) is 25.0 Å². The van der Waals surface area contributed by atoms with Gasteiger partial charge in [-0.05, 0) is 36.8 Å². The molecule has 0 saturated heterocycles. The number of aryl methyl sites for hydroxylation is 1. The molecule has 0 aliphatic carbocycles. The van der Waals surface area contributed by atoms with Crippen molar-refractivity contribution in [1.82, 2.24) is 0 Å². The van der Waals surface area contributed by atoms with E-state index in [0.717, 1.165) is 5.56 Å². The number of carbonyl (C=O) groups is 2. The van der Waals surface area contributed by atoms with Crippen LogP contribution in [0.5, 0.6) is 0 Å². The summed E-state index contributed by atoms with van der Waals surface area (Å²) in [4.78, 5) is 23.6. The predicted octanol–water partition coefficient (Wildman–Crippen LogP) is 4.55. The summed E-state index contributed by atoms with van der Waals surface area (Å²) in [6, 6.07) is 10.0. The molecule has 0 heterocycles. The molecule has 2 aromatic rings. The summed E-state index contributed by atoms with van der Waals surface area (Å²) < 4.78 is 5.09. The lowest BCUT2D eigenvalue weighted by atomic mass is 10.2. The minimum absolute atomic E-state index is 0.242. The first-order valence-electron chi connectivity index (χ1n) is 7.24. The molecule has 0 aliphatic rings. The van der Waals surface area contributed by atoms with Crippen molar-refractivity contribution in [2.24, 2.45) is 0 Å². The fraction of sp³-hybridized carbons (Fsp3) is 0.176. The zero-order valence-corrected chi connectivity index (χ0v) is 15.5. The van der Waals surface area contributed by atoms with Crippen molar-refractivity contribution in [3.63, 3.8) is 0 Å². The minimum atomic E-state index is -0.449. The molecule has 5 nitrogen and oxygen atoms in total. The first kappa shape index (κ1) is 19.5. The molecule has 132 valence electrons. The van der Waals surface area contributed by atoms with Gasteiger partial charge in [-0.3, -0.25) is 9.59 Å². The fourth-order valence-corrected chi connectivity index (χ4v) is 2.42. The Balaban J connectivity index is 1.77. The second-order valence-electron chi connectivity index (χ2n) is 5.15. The standard InChI is InChI=1S/C17H15Cl3N2O3/c1-10-5-6-11(7-13(10)19)21-15(23)8-25-9-16(24)22-14-4-2-3-12(18)17(14)20/h2-7H,8-9H2,1H3,(H,21,23)(H,22,24). The second-order valence-corrected chi connectivity index (χ2v) is 6.35. The largest absolute Gasteiger partial charge is 0.362 e. The van der Waals surface area contributed by atoms with Gasteiger partial charge in [0.1, 0.15) is 13.2 Å². The number of carbonyl (C=O) groups excluding carboxylic acids is 2. The number of hydrogen-bond donors (Lipinski definition) is 2. The van der Waals surface area contributed by atoms with Gasteiger partial charge in [0.05, 0.1) is 15.7 Å². The van der Waals surface area contributed by atoms with Gasteiger partial charge in [0, 0.05) is 10.7 Å². The highest BCUT2D eigenvalue weighted by Crippen LogP contribution is 2.29. The normalized spacial score (nSPS) is 10.4. The first-order chi connectivity index (χ1) is 11.9. The molecule has 25 heavy (non-hydrogen) atoms. The Morgan fingerprint density at radius 2 is 1.64 bits per heavy atom. The van der Waals surface area contributed by atoms with Crippen molar-refractivity contribution in [2.45, 2.75) is 6.92 Å². The van der Waals surface area contributed by atoms with Crippen molar-refractivity contribution < 1.29 is 14.3 Å². The van der Waals surface area contributed by atoms with Crippen LogP contribution < -0.4 is 10.6 Å². The number of rotatable bonds is 6. The van der Waals surface area contributed by atoms with Crippen LogP contribution in [0.2, 0.25) is 15.1 Å². The van der Waals surface area contributed by atoms with E-state index in [1.165, 1.54) is 0 Å². The van der Waals surface area contributed by atoms with Gasteiger partial charge in [0.15, 0.2) is 0 Å². The van der Waals surface area contributed by atoms with Gasteiger partial charge in [-0.15, -0.1) is 0 Å². The lowest BCUT2D eigenvalue weighted by Crippen LogP contribution is -2.24. The molecule has 2 N–H and O–H groups in total. The lowest BCUT2D eigenvalue weighted by molar-refractivity contribution is -0.125. The van der Waals surface area contributed by atoms with Crippen LogP contribution in [-0.2, 0) is 14.3 Å². The van der Waals surface area contributed by atoms with Crippen LogP contribution in [0.15, 0.2) is 36.4 Å². The summed E-state index contributed by atoms with van der Waals surface area (Å²) >= 11 is 17.8. The number of benzene rings is 2. The van der Waals surface area contributed by atoms with Crippen molar-refractivity contribution in [3.05, 3.63) is 57.0 Å². The van der Waals surface area contributed by atoms with Gasteiger partial charge >= 0.3 is 0 Å². The fourth-order valence-electron chi connectivity index (χ4n) is 1.89. The third-order valence-corrected chi connectivity index (χ3v) is 4.37. The van der Waals surface area contributed by atoms with Crippen LogP contribution in [0.4, 0.5) is 11.4 Å². The Labute approximate surface area is 160 Å². The quantitative estimate of drug-likeness (QED) is 0.746. The summed E-state index contributed by atoms with van der Waals surface area (Å²) in [5, 5.41) is 6.31. The van der Waals surface area contributed by atoms with Crippen LogP contribution in [0.1, 0.15) is 5.56 Å². The van der Waals surface area contributed by atoms with E-state index in [9.17, 15) is 9.59 Å².